The molecule has 1 aliphatic rings. The van der Waals surface area contributed by atoms with Gasteiger partial charge in [-0.3, -0.25) is 4.79 Å². The van der Waals surface area contributed by atoms with Crippen LogP contribution in [0.15, 0.2) is 64.5 Å². The van der Waals surface area contributed by atoms with E-state index in [1.54, 1.807) is 54.6 Å². The number of rotatable bonds is 7. The molecule has 1 saturated heterocycles. The van der Waals surface area contributed by atoms with Crippen molar-refractivity contribution in [2.45, 2.75) is 13.5 Å². The van der Waals surface area contributed by atoms with Crippen LogP contribution in [-0.4, -0.2) is 17.7 Å². The number of halogens is 4. The number of ether oxygens (including phenoxy) is 2. The highest BCUT2D eigenvalue weighted by molar-refractivity contribution is 8.18. The molecule has 0 radical (unpaired) electrons. The molecule has 0 aromatic heterocycles. The van der Waals surface area contributed by atoms with Crippen LogP contribution >= 0.6 is 46.6 Å². The average molecular weight is 552 g/mol. The van der Waals surface area contributed by atoms with E-state index in [1.807, 2.05) is 6.92 Å². The number of nitrogens with one attached hydrogen (secondary N) is 1. The fraction of sp³-hybridized carbons (Fsp3) is 0.120. The first-order valence-electron chi connectivity index (χ1n) is 10.4. The minimum Gasteiger partial charge on any atom is -0.490 e. The molecule has 1 heterocycles. The SMILES string of the molecule is CCOc1cc(/C=C2/SC(=Nc3cccc(Cl)c3Cl)NC2=O)cc(Cl)c1OCc1ccccc1F. The molecule has 0 bridgehead atoms. The molecule has 0 saturated carbocycles. The molecule has 0 spiro atoms. The third kappa shape index (κ3) is 6.11. The second-order valence-electron chi connectivity index (χ2n) is 7.20. The molecule has 4 rings (SSSR count). The van der Waals surface area contributed by atoms with Gasteiger partial charge in [0.15, 0.2) is 16.7 Å². The summed E-state index contributed by atoms with van der Waals surface area (Å²) in [7, 11) is 0. The van der Waals surface area contributed by atoms with Gasteiger partial charge in [-0.05, 0) is 60.7 Å². The summed E-state index contributed by atoms with van der Waals surface area (Å²) in [6.45, 7) is 2.17. The van der Waals surface area contributed by atoms with E-state index in [4.69, 9.17) is 44.3 Å². The summed E-state index contributed by atoms with van der Waals surface area (Å²) >= 11 is 19.9. The third-order valence-corrected chi connectivity index (χ3v) is 6.76. The van der Waals surface area contributed by atoms with E-state index in [9.17, 15) is 9.18 Å². The lowest BCUT2D eigenvalue weighted by Gasteiger charge is -2.15. The van der Waals surface area contributed by atoms with Gasteiger partial charge in [-0.2, -0.15) is 0 Å². The van der Waals surface area contributed by atoms with Crippen LogP contribution < -0.4 is 14.8 Å². The maximum Gasteiger partial charge on any atom is 0.264 e. The van der Waals surface area contributed by atoms with Crippen LogP contribution in [-0.2, 0) is 11.4 Å². The highest BCUT2D eigenvalue weighted by atomic mass is 35.5. The predicted octanol–water partition coefficient (Wildman–Crippen LogP) is 7.66. The number of aliphatic imine (C=N–C) groups is 1. The van der Waals surface area contributed by atoms with Crippen molar-refractivity contribution in [1.82, 2.24) is 5.32 Å². The van der Waals surface area contributed by atoms with E-state index in [1.165, 1.54) is 6.07 Å². The van der Waals surface area contributed by atoms with Crippen LogP contribution in [0.5, 0.6) is 11.5 Å². The molecule has 180 valence electrons. The Morgan fingerprint density at radius 2 is 1.86 bits per heavy atom. The maximum atomic E-state index is 14.0. The molecule has 3 aromatic rings. The topological polar surface area (TPSA) is 59.9 Å². The van der Waals surface area contributed by atoms with Gasteiger partial charge in [-0.25, -0.2) is 9.38 Å². The highest BCUT2D eigenvalue weighted by Gasteiger charge is 2.25. The summed E-state index contributed by atoms with van der Waals surface area (Å²) in [5.74, 6) is -0.0175. The Bertz CT molecular complexity index is 1350. The second kappa shape index (κ2) is 11.4. The minimum absolute atomic E-state index is 0.0168. The number of benzene rings is 3. The lowest BCUT2D eigenvalue weighted by molar-refractivity contribution is -0.115. The first kappa shape index (κ1) is 25.4. The van der Waals surface area contributed by atoms with Crippen molar-refractivity contribution in [2.75, 3.05) is 6.61 Å². The first-order valence-corrected chi connectivity index (χ1v) is 12.4. The second-order valence-corrected chi connectivity index (χ2v) is 9.42. The van der Waals surface area contributed by atoms with Crippen LogP contribution in [0.25, 0.3) is 6.08 Å². The minimum atomic E-state index is -0.372. The Kier molecular flexibility index (Phi) is 8.23. The average Bonchev–Trinajstić information content (AvgIpc) is 3.16. The Balaban J connectivity index is 1.58. The molecule has 5 nitrogen and oxygen atoms in total. The Morgan fingerprint density at radius 1 is 1.06 bits per heavy atom. The first-order chi connectivity index (χ1) is 16.9. The van der Waals surface area contributed by atoms with E-state index >= 15 is 0 Å². The Hall–Kier alpha value is -2.71. The number of hydrogen-bond acceptors (Lipinski definition) is 5. The summed E-state index contributed by atoms with van der Waals surface area (Å²) < 4.78 is 25.5. The third-order valence-electron chi connectivity index (χ3n) is 4.76. The van der Waals surface area contributed by atoms with Crippen molar-refractivity contribution in [3.8, 4) is 11.5 Å². The molecule has 1 N–H and O–H groups in total. The lowest BCUT2D eigenvalue weighted by Crippen LogP contribution is -2.19. The van der Waals surface area contributed by atoms with Crippen LogP contribution in [0.3, 0.4) is 0 Å². The maximum absolute atomic E-state index is 14.0. The zero-order valence-electron chi connectivity index (χ0n) is 18.3. The number of thioether (sulfide) groups is 1. The van der Waals surface area contributed by atoms with Gasteiger partial charge in [0.1, 0.15) is 12.4 Å². The zero-order chi connectivity index (χ0) is 24.9. The van der Waals surface area contributed by atoms with Crippen molar-refractivity contribution in [2.24, 2.45) is 4.99 Å². The quantitative estimate of drug-likeness (QED) is 0.306. The van der Waals surface area contributed by atoms with Gasteiger partial charge >= 0.3 is 0 Å². The van der Waals surface area contributed by atoms with Gasteiger partial charge in [-0.15, -0.1) is 0 Å². The normalized spacial score (nSPS) is 15.5. The highest BCUT2D eigenvalue weighted by Crippen LogP contribution is 2.39. The fourth-order valence-corrected chi connectivity index (χ4v) is 4.61. The molecule has 0 atom stereocenters. The van der Waals surface area contributed by atoms with Gasteiger partial charge in [0, 0.05) is 5.56 Å². The van der Waals surface area contributed by atoms with Crippen molar-refractivity contribution in [1.29, 1.82) is 0 Å². The molecule has 1 fully saturated rings. The van der Waals surface area contributed by atoms with Crippen LogP contribution in [0.2, 0.25) is 15.1 Å². The summed E-state index contributed by atoms with van der Waals surface area (Å²) in [5, 5.41) is 4.01. The van der Waals surface area contributed by atoms with E-state index in [0.29, 0.717) is 55.0 Å². The number of nitrogens with zero attached hydrogens (tertiary/aromatic N) is 1. The molecule has 1 aliphatic heterocycles. The van der Waals surface area contributed by atoms with Gasteiger partial charge in [0.25, 0.3) is 5.91 Å². The molecule has 1 amide bonds. The summed E-state index contributed by atoms with van der Waals surface area (Å²) in [4.78, 5) is 17.3. The zero-order valence-corrected chi connectivity index (χ0v) is 21.4. The van der Waals surface area contributed by atoms with Crippen molar-refractivity contribution in [3.63, 3.8) is 0 Å². The summed E-state index contributed by atoms with van der Waals surface area (Å²) in [5.41, 5.74) is 1.46. The molecule has 35 heavy (non-hydrogen) atoms. The van der Waals surface area contributed by atoms with Crippen LogP contribution in [0.1, 0.15) is 18.1 Å². The molecular formula is C25H18Cl3FN2O3S. The van der Waals surface area contributed by atoms with E-state index < -0.39 is 0 Å². The van der Waals surface area contributed by atoms with E-state index in [2.05, 4.69) is 10.3 Å². The fourth-order valence-electron chi connectivity index (χ4n) is 3.16. The molecule has 0 unspecified atom stereocenters. The van der Waals surface area contributed by atoms with Gasteiger partial charge in [0.2, 0.25) is 0 Å². The van der Waals surface area contributed by atoms with E-state index in [-0.39, 0.29) is 23.4 Å². The van der Waals surface area contributed by atoms with Crippen LogP contribution in [0, 0.1) is 5.82 Å². The van der Waals surface area contributed by atoms with Crippen molar-refractivity contribution >= 4 is 69.4 Å². The summed E-state index contributed by atoms with van der Waals surface area (Å²) in [6, 6.07) is 14.8. The smallest absolute Gasteiger partial charge is 0.264 e. The molecule has 3 aromatic carbocycles. The van der Waals surface area contributed by atoms with Gasteiger partial charge in [0.05, 0.1) is 32.3 Å². The largest absolute Gasteiger partial charge is 0.490 e. The Labute approximate surface area is 220 Å². The predicted molar refractivity (Wildman–Crippen MR) is 141 cm³/mol. The van der Waals surface area contributed by atoms with E-state index in [0.717, 1.165) is 11.8 Å². The lowest BCUT2D eigenvalue weighted by atomic mass is 10.1. The summed E-state index contributed by atoms with van der Waals surface area (Å²) in [6.07, 6.45) is 1.66. The number of amidine groups is 1. The molecular weight excluding hydrogens is 534 g/mol. The van der Waals surface area contributed by atoms with Crippen molar-refractivity contribution < 1.29 is 18.7 Å². The van der Waals surface area contributed by atoms with Crippen molar-refractivity contribution in [3.05, 3.63) is 91.5 Å². The number of amides is 1. The number of carbonyl (C=O) groups excluding carboxylic acids is 1. The van der Waals surface area contributed by atoms with Crippen LogP contribution in [0.4, 0.5) is 10.1 Å². The number of carbonyl (C=O) groups is 1. The van der Waals surface area contributed by atoms with Gasteiger partial charge in [-0.1, -0.05) is 59.1 Å². The monoisotopic (exact) mass is 550 g/mol. The standard InChI is InChI=1S/C25H18Cl3FN2O3S/c1-2-33-20-11-14(10-17(27)23(20)34-13-15-6-3-4-8-18(15)29)12-21-24(32)31-25(35-21)30-19-9-5-7-16(26)22(19)28/h3-12H,2,13H2,1H3,(H,30,31,32)/b21-12+. The molecule has 0 aliphatic carbocycles. The Morgan fingerprint density at radius 3 is 2.63 bits per heavy atom. The number of hydrogen-bond donors (Lipinski definition) is 1. The van der Waals surface area contributed by atoms with Gasteiger partial charge < -0.3 is 14.8 Å². The molecule has 10 heteroatoms.